The number of nitrogens with one attached hydrogen (secondary N) is 2. The molecule has 26 heavy (non-hydrogen) atoms. The topological polar surface area (TPSA) is 62.0 Å². The number of benzene rings is 1. The molecule has 1 atom stereocenters. The fourth-order valence-corrected chi connectivity index (χ4v) is 2.55. The van der Waals surface area contributed by atoms with Crippen LogP contribution in [0.2, 0.25) is 0 Å². The van der Waals surface area contributed by atoms with E-state index in [2.05, 4.69) is 27.4 Å². The zero-order valence-corrected chi connectivity index (χ0v) is 18.2. The fourth-order valence-electron chi connectivity index (χ4n) is 2.55. The maximum atomic E-state index is 5.55. The van der Waals surface area contributed by atoms with Crippen LogP contribution in [-0.4, -0.2) is 45.2 Å². The second-order valence-corrected chi connectivity index (χ2v) is 5.88. The minimum Gasteiger partial charge on any atom is -0.496 e. The number of nitrogens with zero attached hydrogens (tertiary/aromatic N) is 2. The van der Waals surface area contributed by atoms with Crippen molar-refractivity contribution in [1.29, 1.82) is 0 Å². The normalized spacial score (nSPS) is 12.4. The molecule has 0 amide bonds. The van der Waals surface area contributed by atoms with Gasteiger partial charge in [-0.05, 0) is 39.2 Å². The van der Waals surface area contributed by atoms with Crippen molar-refractivity contribution in [3.8, 4) is 5.75 Å². The Morgan fingerprint density at radius 1 is 1.19 bits per heavy atom. The van der Waals surface area contributed by atoms with Gasteiger partial charge in [0.2, 0.25) is 0 Å². The summed E-state index contributed by atoms with van der Waals surface area (Å²) in [4.78, 5) is 6.79. The lowest BCUT2D eigenvalue weighted by Crippen LogP contribution is -2.41. The monoisotopic (exact) mass is 472 g/mol. The van der Waals surface area contributed by atoms with Crippen LogP contribution in [-0.2, 0) is 6.54 Å². The molecule has 1 unspecified atom stereocenters. The van der Waals surface area contributed by atoms with Gasteiger partial charge in [0, 0.05) is 18.7 Å². The first-order valence-corrected chi connectivity index (χ1v) is 8.49. The third kappa shape index (κ3) is 6.53. The van der Waals surface area contributed by atoms with Gasteiger partial charge in [-0.3, -0.25) is 4.90 Å². The number of methoxy groups -OCH3 is 1. The summed E-state index contributed by atoms with van der Waals surface area (Å²) in [5, 5.41) is 6.67. The molecule has 2 aromatic rings. The quantitative estimate of drug-likeness (QED) is 0.351. The summed E-state index contributed by atoms with van der Waals surface area (Å²) in [5.74, 6) is 2.55. The van der Waals surface area contributed by atoms with Crippen LogP contribution in [0.25, 0.3) is 0 Å². The van der Waals surface area contributed by atoms with Crippen molar-refractivity contribution in [2.45, 2.75) is 19.5 Å². The molecule has 0 aliphatic rings. The number of halogens is 1. The van der Waals surface area contributed by atoms with E-state index in [1.165, 1.54) is 0 Å². The van der Waals surface area contributed by atoms with Gasteiger partial charge in [0.25, 0.3) is 0 Å². The number of furan rings is 1. The molecule has 7 heteroatoms. The van der Waals surface area contributed by atoms with Gasteiger partial charge in [-0.1, -0.05) is 18.2 Å². The highest BCUT2D eigenvalue weighted by molar-refractivity contribution is 14.0. The second kappa shape index (κ2) is 11.8. The maximum absolute atomic E-state index is 5.55. The SMILES string of the molecule is CCNC(=NCc1ccccc1OC)NCC(c1ccco1)N(C)C.I. The second-order valence-electron chi connectivity index (χ2n) is 5.88. The Bertz CT molecular complexity index is 659. The summed E-state index contributed by atoms with van der Waals surface area (Å²) in [6.45, 7) is 4.09. The van der Waals surface area contributed by atoms with Crippen LogP contribution in [0.4, 0.5) is 0 Å². The molecule has 0 fully saturated rings. The van der Waals surface area contributed by atoms with E-state index >= 15 is 0 Å². The number of guanidine groups is 1. The molecule has 2 N–H and O–H groups in total. The van der Waals surface area contributed by atoms with Crippen LogP contribution >= 0.6 is 24.0 Å². The Morgan fingerprint density at radius 2 is 1.96 bits per heavy atom. The summed E-state index contributed by atoms with van der Waals surface area (Å²) < 4.78 is 10.9. The van der Waals surface area contributed by atoms with Gasteiger partial charge in [0.1, 0.15) is 11.5 Å². The molecule has 0 aliphatic carbocycles. The van der Waals surface area contributed by atoms with Gasteiger partial charge in [-0.15, -0.1) is 24.0 Å². The smallest absolute Gasteiger partial charge is 0.191 e. The summed E-state index contributed by atoms with van der Waals surface area (Å²) in [7, 11) is 5.75. The number of hydrogen-bond acceptors (Lipinski definition) is 4. The third-order valence-electron chi connectivity index (χ3n) is 3.90. The van der Waals surface area contributed by atoms with Crippen molar-refractivity contribution >= 4 is 29.9 Å². The van der Waals surface area contributed by atoms with Crippen molar-refractivity contribution in [1.82, 2.24) is 15.5 Å². The van der Waals surface area contributed by atoms with Gasteiger partial charge < -0.3 is 19.8 Å². The Labute approximate surface area is 173 Å². The zero-order chi connectivity index (χ0) is 18.1. The highest BCUT2D eigenvalue weighted by Gasteiger charge is 2.17. The lowest BCUT2D eigenvalue weighted by molar-refractivity contribution is 0.258. The number of hydrogen-bond donors (Lipinski definition) is 2. The average molecular weight is 472 g/mol. The number of rotatable bonds is 8. The summed E-state index contributed by atoms with van der Waals surface area (Å²) >= 11 is 0. The highest BCUT2D eigenvalue weighted by atomic mass is 127. The Balaban J connectivity index is 0.00000338. The zero-order valence-electron chi connectivity index (χ0n) is 15.9. The van der Waals surface area contributed by atoms with Crippen molar-refractivity contribution in [2.24, 2.45) is 4.99 Å². The van der Waals surface area contributed by atoms with Crippen LogP contribution in [0.5, 0.6) is 5.75 Å². The minimum absolute atomic E-state index is 0. The number of aliphatic imine (C=N–C) groups is 1. The maximum Gasteiger partial charge on any atom is 0.191 e. The molecule has 0 spiro atoms. The van der Waals surface area contributed by atoms with Crippen LogP contribution in [0.3, 0.4) is 0 Å². The molecule has 0 bridgehead atoms. The summed E-state index contributed by atoms with van der Waals surface area (Å²) in [5.41, 5.74) is 1.05. The van der Waals surface area contributed by atoms with Crippen molar-refractivity contribution in [3.63, 3.8) is 0 Å². The minimum atomic E-state index is 0. The molecule has 144 valence electrons. The molecule has 0 saturated heterocycles. The Kier molecular flexibility index (Phi) is 10.1. The third-order valence-corrected chi connectivity index (χ3v) is 3.90. The largest absolute Gasteiger partial charge is 0.496 e. The summed E-state index contributed by atoms with van der Waals surface area (Å²) in [6.07, 6.45) is 1.70. The van der Waals surface area contributed by atoms with E-state index in [9.17, 15) is 0 Å². The fraction of sp³-hybridized carbons (Fsp3) is 0.421. The van der Waals surface area contributed by atoms with Gasteiger partial charge >= 0.3 is 0 Å². The van der Waals surface area contributed by atoms with Gasteiger partial charge in [0.15, 0.2) is 5.96 Å². The first-order valence-electron chi connectivity index (χ1n) is 8.49. The lowest BCUT2D eigenvalue weighted by Gasteiger charge is -2.23. The number of ether oxygens (including phenoxy) is 1. The number of likely N-dealkylation sites (N-methyl/N-ethyl adjacent to an activating group) is 1. The summed E-state index contributed by atoms with van der Waals surface area (Å²) in [6, 6.07) is 12.0. The molecular formula is C19H29IN4O2. The van der Waals surface area contributed by atoms with Crippen molar-refractivity contribution in [3.05, 3.63) is 54.0 Å². The predicted molar refractivity (Wildman–Crippen MR) is 116 cm³/mol. The Hall–Kier alpha value is -1.74. The number of para-hydroxylation sites is 1. The molecule has 0 saturated carbocycles. The van der Waals surface area contributed by atoms with E-state index in [1.54, 1.807) is 13.4 Å². The first-order chi connectivity index (χ1) is 12.2. The van der Waals surface area contributed by atoms with E-state index in [4.69, 9.17) is 9.15 Å². The molecular weight excluding hydrogens is 443 g/mol. The van der Waals surface area contributed by atoms with Crippen LogP contribution in [0.1, 0.15) is 24.3 Å². The standard InChI is InChI=1S/C19H28N4O2.HI/c1-5-20-19(21-13-15-9-6-7-10-17(15)24-4)22-14-16(23(2)3)18-11-8-12-25-18;/h6-12,16H,5,13-14H2,1-4H3,(H2,20,21,22);1H. The molecule has 1 aromatic heterocycles. The van der Waals surface area contributed by atoms with E-state index in [1.807, 2.05) is 50.5 Å². The van der Waals surface area contributed by atoms with Crippen molar-refractivity contribution in [2.75, 3.05) is 34.3 Å². The van der Waals surface area contributed by atoms with Crippen molar-refractivity contribution < 1.29 is 9.15 Å². The predicted octanol–water partition coefficient (Wildman–Crippen LogP) is 3.26. The highest BCUT2D eigenvalue weighted by Crippen LogP contribution is 2.19. The van der Waals surface area contributed by atoms with Gasteiger partial charge in [-0.25, -0.2) is 4.99 Å². The van der Waals surface area contributed by atoms with E-state index < -0.39 is 0 Å². The van der Waals surface area contributed by atoms with E-state index in [-0.39, 0.29) is 30.0 Å². The first kappa shape index (κ1) is 22.3. The van der Waals surface area contributed by atoms with Gasteiger partial charge in [-0.2, -0.15) is 0 Å². The molecule has 0 radical (unpaired) electrons. The van der Waals surface area contributed by atoms with Crippen LogP contribution < -0.4 is 15.4 Å². The van der Waals surface area contributed by atoms with Crippen LogP contribution in [0, 0.1) is 0 Å². The molecule has 6 nitrogen and oxygen atoms in total. The van der Waals surface area contributed by atoms with E-state index in [0.29, 0.717) is 13.1 Å². The van der Waals surface area contributed by atoms with Crippen LogP contribution in [0.15, 0.2) is 52.1 Å². The van der Waals surface area contributed by atoms with Gasteiger partial charge in [0.05, 0.1) is 26.0 Å². The molecule has 2 rings (SSSR count). The molecule has 1 heterocycles. The van der Waals surface area contributed by atoms with E-state index in [0.717, 1.165) is 29.6 Å². The molecule has 1 aromatic carbocycles. The lowest BCUT2D eigenvalue weighted by atomic mass is 10.2. The average Bonchev–Trinajstić information content (AvgIpc) is 3.14. The Morgan fingerprint density at radius 3 is 2.58 bits per heavy atom. The molecule has 0 aliphatic heterocycles.